The third-order valence-electron chi connectivity index (χ3n) is 2.10. The van der Waals surface area contributed by atoms with Crippen molar-refractivity contribution in [3.63, 3.8) is 0 Å². The highest BCUT2D eigenvalue weighted by Crippen LogP contribution is 2.31. The van der Waals surface area contributed by atoms with Crippen LogP contribution >= 0.6 is 11.3 Å². The van der Waals surface area contributed by atoms with E-state index in [0.29, 0.717) is 0 Å². The molecule has 1 rings (SSSR count). The molecule has 0 aliphatic carbocycles. The zero-order valence-electron chi connectivity index (χ0n) is 11.0. The molecular weight excluding hydrogens is 232 g/mol. The molecule has 2 nitrogen and oxygen atoms in total. The van der Waals surface area contributed by atoms with Gasteiger partial charge < -0.3 is 9.47 Å². The fraction of sp³-hybridized carbons (Fsp3) is 0.571. The molecule has 0 bridgehead atoms. The van der Waals surface area contributed by atoms with Crippen molar-refractivity contribution in [1.82, 2.24) is 0 Å². The third kappa shape index (κ3) is 7.05. The topological polar surface area (TPSA) is 18.5 Å². The van der Waals surface area contributed by atoms with E-state index >= 15 is 0 Å². The first kappa shape index (κ1) is 16.0. The Hall–Kier alpha value is -0.960. The van der Waals surface area contributed by atoms with Crippen LogP contribution in [0.15, 0.2) is 23.9 Å². The lowest BCUT2D eigenvalue weighted by Crippen LogP contribution is -2.00. The number of thiophene rings is 1. The summed E-state index contributed by atoms with van der Waals surface area (Å²) in [6.07, 6.45) is 4.53. The van der Waals surface area contributed by atoms with E-state index in [1.807, 2.05) is 10.8 Å². The van der Waals surface area contributed by atoms with Crippen LogP contribution in [0, 0.1) is 0 Å². The summed E-state index contributed by atoms with van der Waals surface area (Å²) in [5, 5.41) is 4.02. The Morgan fingerprint density at radius 1 is 0.941 bits per heavy atom. The number of ether oxygens (including phenoxy) is 2. The molecule has 1 heterocycles. The summed E-state index contributed by atoms with van der Waals surface area (Å²) in [6, 6.07) is 0. The first-order valence-electron chi connectivity index (χ1n) is 6.20. The van der Waals surface area contributed by atoms with Gasteiger partial charge in [-0.3, -0.25) is 0 Å². The minimum absolute atomic E-state index is 0.789. The molecule has 0 saturated carbocycles. The van der Waals surface area contributed by atoms with E-state index in [2.05, 4.69) is 27.0 Å². The second-order valence-corrected chi connectivity index (χ2v) is 4.25. The van der Waals surface area contributed by atoms with Crippen LogP contribution in [-0.4, -0.2) is 13.2 Å². The highest BCUT2D eigenvalue weighted by molar-refractivity contribution is 7.08. The molecule has 1 aromatic rings. The van der Waals surface area contributed by atoms with Crippen LogP contribution in [0.2, 0.25) is 0 Å². The minimum Gasteiger partial charge on any atom is -0.489 e. The molecule has 0 atom stereocenters. The fourth-order valence-electron chi connectivity index (χ4n) is 1.14. The average Bonchev–Trinajstić information content (AvgIpc) is 2.80. The summed E-state index contributed by atoms with van der Waals surface area (Å²) in [5.41, 5.74) is 0. The Morgan fingerprint density at radius 2 is 1.35 bits per heavy atom. The smallest absolute Gasteiger partial charge is 0.171 e. The fourth-order valence-corrected chi connectivity index (χ4v) is 1.82. The standard InChI is InChI=1S/C12H20O2S.C2H4/c1-3-5-7-13-11-9-15-10-12(11)14-8-6-4-2;1-2/h9-10H,3-8H2,1-2H3;1-2H2. The maximum Gasteiger partial charge on any atom is 0.171 e. The highest BCUT2D eigenvalue weighted by Gasteiger charge is 2.05. The third-order valence-corrected chi connectivity index (χ3v) is 2.80. The van der Waals surface area contributed by atoms with Crippen LogP contribution in [0.1, 0.15) is 39.5 Å². The second-order valence-electron chi connectivity index (χ2n) is 3.50. The first-order chi connectivity index (χ1) is 8.38. The van der Waals surface area contributed by atoms with Gasteiger partial charge in [-0.05, 0) is 12.8 Å². The van der Waals surface area contributed by atoms with Crippen molar-refractivity contribution in [1.29, 1.82) is 0 Å². The largest absolute Gasteiger partial charge is 0.489 e. The summed E-state index contributed by atoms with van der Waals surface area (Å²) in [4.78, 5) is 0. The van der Waals surface area contributed by atoms with Gasteiger partial charge in [0.05, 0.1) is 13.2 Å². The predicted molar refractivity (Wildman–Crippen MR) is 76.4 cm³/mol. The molecule has 0 saturated heterocycles. The zero-order chi connectivity index (χ0) is 12.9. The van der Waals surface area contributed by atoms with Crippen molar-refractivity contribution < 1.29 is 9.47 Å². The van der Waals surface area contributed by atoms with Crippen LogP contribution in [0.3, 0.4) is 0 Å². The molecule has 98 valence electrons. The van der Waals surface area contributed by atoms with Gasteiger partial charge in [0.15, 0.2) is 11.5 Å². The van der Waals surface area contributed by atoms with E-state index in [0.717, 1.165) is 50.4 Å². The van der Waals surface area contributed by atoms with Gasteiger partial charge in [-0.2, -0.15) is 0 Å². The average molecular weight is 256 g/mol. The summed E-state index contributed by atoms with van der Waals surface area (Å²) in [7, 11) is 0. The van der Waals surface area contributed by atoms with Crippen LogP contribution < -0.4 is 9.47 Å². The Labute approximate surface area is 109 Å². The van der Waals surface area contributed by atoms with Crippen LogP contribution in [0.5, 0.6) is 11.5 Å². The van der Waals surface area contributed by atoms with E-state index in [9.17, 15) is 0 Å². The number of hydrogen-bond acceptors (Lipinski definition) is 3. The second kappa shape index (κ2) is 11.5. The summed E-state index contributed by atoms with van der Waals surface area (Å²) in [5.74, 6) is 1.81. The molecule has 0 aliphatic rings. The molecule has 0 radical (unpaired) electrons. The van der Waals surface area contributed by atoms with Gasteiger partial charge in [-0.25, -0.2) is 0 Å². The molecule has 3 heteroatoms. The van der Waals surface area contributed by atoms with E-state index < -0.39 is 0 Å². The van der Waals surface area contributed by atoms with Crippen molar-refractivity contribution in [2.24, 2.45) is 0 Å². The molecule has 0 aromatic carbocycles. The molecule has 0 N–H and O–H groups in total. The number of unbranched alkanes of at least 4 members (excludes halogenated alkanes) is 2. The Balaban J connectivity index is 0.00000121. The SMILES string of the molecule is C=C.CCCCOc1cscc1OCCCC. The minimum atomic E-state index is 0.789. The first-order valence-corrected chi connectivity index (χ1v) is 7.14. The maximum atomic E-state index is 5.63. The Kier molecular flexibility index (Phi) is 10.9. The van der Waals surface area contributed by atoms with Crippen LogP contribution in [0.25, 0.3) is 0 Å². The Bertz CT molecular complexity index is 246. The predicted octanol–water partition coefficient (Wildman–Crippen LogP) is 4.91. The van der Waals surface area contributed by atoms with Crippen molar-refractivity contribution in [2.75, 3.05) is 13.2 Å². The zero-order valence-corrected chi connectivity index (χ0v) is 11.9. The molecule has 0 amide bonds. The molecule has 17 heavy (non-hydrogen) atoms. The van der Waals surface area contributed by atoms with Crippen LogP contribution in [0.4, 0.5) is 0 Å². The molecule has 0 aliphatic heterocycles. The van der Waals surface area contributed by atoms with Crippen molar-refractivity contribution >= 4 is 11.3 Å². The lowest BCUT2D eigenvalue weighted by atomic mass is 10.3. The van der Waals surface area contributed by atoms with E-state index in [4.69, 9.17) is 9.47 Å². The van der Waals surface area contributed by atoms with Gasteiger partial charge in [0, 0.05) is 10.8 Å². The van der Waals surface area contributed by atoms with Gasteiger partial charge in [-0.15, -0.1) is 24.5 Å². The molecule has 0 unspecified atom stereocenters. The van der Waals surface area contributed by atoms with Gasteiger partial charge in [0.25, 0.3) is 0 Å². The monoisotopic (exact) mass is 256 g/mol. The highest BCUT2D eigenvalue weighted by atomic mass is 32.1. The van der Waals surface area contributed by atoms with Gasteiger partial charge in [0.2, 0.25) is 0 Å². The normalized spacial score (nSPS) is 9.29. The molecular formula is C14H24O2S. The summed E-state index contributed by atoms with van der Waals surface area (Å²) < 4.78 is 11.3. The lowest BCUT2D eigenvalue weighted by molar-refractivity contribution is 0.264. The van der Waals surface area contributed by atoms with Crippen LogP contribution in [-0.2, 0) is 0 Å². The van der Waals surface area contributed by atoms with Crippen molar-refractivity contribution in [3.8, 4) is 11.5 Å². The lowest BCUT2D eigenvalue weighted by Gasteiger charge is -2.07. The number of rotatable bonds is 8. The Morgan fingerprint density at radius 3 is 1.71 bits per heavy atom. The van der Waals surface area contributed by atoms with E-state index in [1.54, 1.807) is 11.3 Å². The van der Waals surface area contributed by atoms with E-state index in [1.165, 1.54) is 0 Å². The summed E-state index contributed by atoms with van der Waals surface area (Å²) in [6.45, 7) is 11.9. The van der Waals surface area contributed by atoms with Gasteiger partial charge >= 0.3 is 0 Å². The quantitative estimate of drug-likeness (QED) is 0.486. The molecule has 0 spiro atoms. The molecule has 0 fully saturated rings. The van der Waals surface area contributed by atoms with Gasteiger partial charge in [-0.1, -0.05) is 26.7 Å². The van der Waals surface area contributed by atoms with Gasteiger partial charge in [0.1, 0.15) is 0 Å². The van der Waals surface area contributed by atoms with Crippen molar-refractivity contribution in [3.05, 3.63) is 23.9 Å². The maximum absolute atomic E-state index is 5.63. The van der Waals surface area contributed by atoms with E-state index in [-0.39, 0.29) is 0 Å². The van der Waals surface area contributed by atoms with Crippen molar-refractivity contribution in [2.45, 2.75) is 39.5 Å². The molecule has 1 aromatic heterocycles. The summed E-state index contributed by atoms with van der Waals surface area (Å²) >= 11 is 1.63. The number of hydrogen-bond donors (Lipinski definition) is 0.